The zero-order valence-corrected chi connectivity index (χ0v) is 42.3. The van der Waals surface area contributed by atoms with Crippen molar-refractivity contribution < 1.29 is 15.0 Å². The van der Waals surface area contributed by atoms with Crippen LogP contribution >= 0.6 is 0 Å². The number of rotatable bonds is 51. The molecule has 0 aromatic heterocycles. The van der Waals surface area contributed by atoms with Crippen LogP contribution < -0.4 is 5.32 Å². The molecule has 0 radical (unpaired) electrons. The van der Waals surface area contributed by atoms with Gasteiger partial charge in [-0.25, -0.2) is 0 Å². The van der Waals surface area contributed by atoms with Crippen LogP contribution in [0.4, 0.5) is 0 Å². The van der Waals surface area contributed by atoms with Crippen LogP contribution in [0.25, 0.3) is 0 Å². The highest BCUT2D eigenvalue weighted by atomic mass is 16.3. The maximum atomic E-state index is 12.5. The van der Waals surface area contributed by atoms with Crippen molar-refractivity contribution in [2.24, 2.45) is 0 Å². The molecule has 3 N–H and O–H groups in total. The molecule has 4 nitrogen and oxygen atoms in total. The van der Waals surface area contributed by atoms with Gasteiger partial charge in [-0.15, -0.1) is 0 Å². The molecular formula is C59H109NO3. The molecule has 0 aliphatic heterocycles. The Hall–Kier alpha value is -1.91. The summed E-state index contributed by atoms with van der Waals surface area (Å²) >= 11 is 0. The van der Waals surface area contributed by atoms with Gasteiger partial charge >= 0.3 is 0 Å². The Kier molecular flexibility index (Phi) is 52.8. The van der Waals surface area contributed by atoms with Crippen LogP contribution in [0.2, 0.25) is 0 Å². The highest BCUT2D eigenvalue weighted by Crippen LogP contribution is 2.17. The van der Waals surface area contributed by atoms with Gasteiger partial charge in [0.15, 0.2) is 0 Å². The average molecular weight is 881 g/mol. The van der Waals surface area contributed by atoms with Crippen molar-refractivity contribution in [3.8, 4) is 0 Å². The molecule has 0 spiro atoms. The van der Waals surface area contributed by atoms with E-state index in [0.717, 1.165) is 51.4 Å². The Balaban J connectivity index is 3.50. The summed E-state index contributed by atoms with van der Waals surface area (Å²) in [4.78, 5) is 12.5. The molecule has 0 aliphatic carbocycles. The van der Waals surface area contributed by atoms with E-state index in [4.69, 9.17) is 0 Å². The lowest BCUT2D eigenvalue weighted by molar-refractivity contribution is -0.123. The van der Waals surface area contributed by atoms with Gasteiger partial charge in [-0.2, -0.15) is 0 Å². The molecule has 63 heavy (non-hydrogen) atoms. The predicted octanol–water partition coefficient (Wildman–Crippen LogP) is 18.4. The fraction of sp³-hybridized carbons (Fsp3) is 0.814. The van der Waals surface area contributed by atoms with Crippen LogP contribution in [0, 0.1) is 0 Å². The fourth-order valence-corrected chi connectivity index (χ4v) is 8.53. The molecule has 0 bridgehead atoms. The Morgan fingerprint density at radius 3 is 1.05 bits per heavy atom. The Labute approximate surface area is 394 Å². The van der Waals surface area contributed by atoms with Crippen LogP contribution in [0.15, 0.2) is 60.8 Å². The summed E-state index contributed by atoms with van der Waals surface area (Å²) in [5.74, 6) is -0.0674. The number of nitrogens with one attached hydrogen (secondary N) is 1. The summed E-state index contributed by atoms with van der Waals surface area (Å²) in [6, 6.07) is -0.628. The molecule has 1 amide bonds. The van der Waals surface area contributed by atoms with E-state index in [2.05, 4.69) is 67.8 Å². The second-order valence-electron chi connectivity index (χ2n) is 19.0. The zero-order chi connectivity index (χ0) is 45.6. The molecule has 0 aromatic rings. The van der Waals surface area contributed by atoms with Gasteiger partial charge < -0.3 is 15.5 Å². The molecule has 0 heterocycles. The number of amides is 1. The van der Waals surface area contributed by atoms with Gasteiger partial charge in [0, 0.05) is 6.42 Å². The number of allylic oxidation sites excluding steroid dienone is 9. The van der Waals surface area contributed by atoms with Gasteiger partial charge in [-0.1, -0.05) is 286 Å². The van der Waals surface area contributed by atoms with Gasteiger partial charge in [-0.05, 0) is 57.8 Å². The van der Waals surface area contributed by atoms with Crippen molar-refractivity contribution in [2.45, 2.75) is 302 Å². The fourth-order valence-electron chi connectivity index (χ4n) is 8.53. The number of aliphatic hydroxyl groups excluding tert-OH is 2. The van der Waals surface area contributed by atoms with Crippen LogP contribution in [0.5, 0.6) is 0 Å². The maximum Gasteiger partial charge on any atom is 0.220 e. The summed E-state index contributed by atoms with van der Waals surface area (Å²) in [6.07, 6.45) is 76.7. The third-order valence-corrected chi connectivity index (χ3v) is 12.8. The van der Waals surface area contributed by atoms with E-state index in [-0.39, 0.29) is 12.5 Å². The molecule has 0 fully saturated rings. The summed E-state index contributed by atoms with van der Waals surface area (Å²) in [6.45, 7) is 4.22. The predicted molar refractivity (Wildman–Crippen MR) is 281 cm³/mol. The number of aliphatic hydroxyl groups is 2. The highest BCUT2D eigenvalue weighted by Gasteiger charge is 2.18. The monoisotopic (exact) mass is 880 g/mol. The average Bonchev–Trinajstić information content (AvgIpc) is 3.29. The topological polar surface area (TPSA) is 69.6 Å². The zero-order valence-electron chi connectivity index (χ0n) is 42.3. The van der Waals surface area contributed by atoms with Gasteiger partial charge in [0.2, 0.25) is 5.91 Å². The molecule has 4 heteroatoms. The summed E-state index contributed by atoms with van der Waals surface area (Å²) in [7, 11) is 0. The lowest BCUT2D eigenvalue weighted by Gasteiger charge is -2.20. The molecule has 0 saturated carbocycles. The molecule has 0 saturated heterocycles. The largest absolute Gasteiger partial charge is 0.394 e. The number of carbonyl (C=O) groups excluding carboxylic acids is 1. The van der Waals surface area contributed by atoms with Crippen LogP contribution in [0.1, 0.15) is 290 Å². The first-order valence-corrected chi connectivity index (χ1v) is 28.0. The Morgan fingerprint density at radius 1 is 0.397 bits per heavy atom. The molecule has 368 valence electrons. The van der Waals surface area contributed by atoms with E-state index < -0.39 is 12.1 Å². The first-order valence-electron chi connectivity index (χ1n) is 28.0. The van der Waals surface area contributed by atoms with Crippen molar-refractivity contribution >= 4 is 5.91 Å². The minimum atomic E-state index is -0.845. The Bertz CT molecular complexity index is 1040. The first kappa shape index (κ1) is 61.1. The van der Waals surface area contributed by atoms with Crippen LogP contribution in [-0.4, -0.2) is 34.9 Å². The molecule has 2 unspecified atom stereocenters. The quantitative estimate of drug-likeness (QED) is 0.0421. The van der Waals surface area contributed by atoms with E-state index >= 15 is 0 Å². The lowest BCUT2D eigenvalue weighted by Crippen LogP contribution is -2.45. The number of carbonyl (C=O) groups is 1. The van der Waals surface area contributed by atoms with Crippen molar-refractivity contribution in [3.63, 3.8) is 0 Å². The SMILES string of the molecule is CC/C=C\C/C=C\C/C=C\C/C=C\CCCCCCCCCCCCC(=O)NC(CO)C(O)/C=C/CCCCCCCCCCCCCCCCCCCCCCCCCCCC. The molecular weight excluding hydrogens is 771 g/mol. The maximum absolute atomic E-state index is 12.5. The van der Waals surface area contributed by atoms with Crippen molar-refractivity contribution in [2.75, 3.05) is 6.61 Å². The number of hydrogen-bond donors (Lipinski definition) is 3. The third-order valence-electron chi connectivity index (χ3n) is 12.8. The van der Waals surface area contributed by atoms with Gasteiger partial charge in [0.1, 0.15) is 0 Å². The number of hydrogen-bond acceptors (Lipinski definition) is 3. The van der Waals surface area contributed by atoms with Crippen molar-refractivity contribution in [1.82, 2.24) is 5.32 Å². The second kappa shape index (κ2) is 54.4. The Morgan fingerprint density at radius 2 is 0.698 bits per heavy atom. The van der Waals surface area contributed by atoms with Gasteiger partial charge in [-0.3, -0.25) is 4.79 Å². The van der Waals surface area contributed by atoms with Crippen molar-refractivity contribution in [1.29, 1.82) is 0 Å². The van der Waals surface area contributed by atoms with Gasteiger partial charge in [0.05, 0.1) is 18.8 Å². The molecule has 0 rings (SSSR count). The van der Waals surface area contributed by atoms with E-state index in [9.17, 15) is 15.0 Å². The van der Waals surface area contributed by atoms with Crippen LogP contribution in [0.3, 0.4) is 0 Å². The van der Waals surface area contributed by atoms with E-state index in [0.29, 0.717) is 6.42 Å². The second-order valence-corrected chi connectivity index (χ2v) is 19.0. The lowest BCUT2D eigenvalue weighted by atomic mass is 10.0. The minimum Gasteiger partial charge on any atom is -0.394 e. The van der Waals surface area contributed by atoms with E-state index in [1.165, 1.54) is 218 Å². The minimum absolute atomic E-state index is 0.0674. The van der Waals surface area contributed by atoms with Crippen LogP contribution in [-0.2, 0) is 4.79 Å². The van der Waals surface area contributed by atoms with Crippen molar-refractivity contribution in [3.05, 3.63) is 60.8 Å². The summed E-state index contributed by atoms with van der Waals surface area (Å²) < 4.78 is 0. The highest BCUT2D eigenvalue weighted by molar-refractivity contribution is 5.76. The molecule has 0 aliphatic rings. The smallest absolute Gasteiger partial charge is 0.220 e. The van der Waals surface area contributed by atoms with Gasteiger partial charge in [0.25, 0.3) is 0 Å². The summed E-state index contributed by atoms with van der Waals surface area (Å²) in [5, 5.41) is 23.2. The number of unbranched alkanes of at least 4 members (excludes halogenated alkanes) is 36. The standard InChI is InChI=1S/C59H109NO3/c1-3-5-7-9-11-13-15-17-19-21-23-25-27-28-29-30-31-33-34-36-38-40-42-44-46-48-50-52-54-58(62)57(56-61)60-59(63)55-53-51-49-47-45-43-41-39-37-35-32-26-24-22-20-18-16-14-12-10-8-6-4-2/h6,8,12,14,18,20,24,26,52,54,57-58,61-62H,3-5,7,9-11,13,15-17,19,21-23,25,27-51,53,55-56H2,1-2H3,(H,60,63)/b8-6-,14-12-,20-18-,26-24-,54-52+. The molecule has 2 atom stereocenters. The summed E-state index contributed by atoms with van der Waals surface area (Å²) in [5.41, 5.74) is 0. The van der Waals surface area contributed by atoms with E-state index in [1.807, 2.05) is 6.08 Å². The molecule has 0 aromatic carbocycles. The normalized spacial score (nSPS) is 13.3. The van der Waals surface area contributed by atoms with E-state index in [1.54, 1.807) is 6.08 Å². The first-order chi connectivity index (χ1) is 31.2. The third kappa shape index (κ3) is 50.9.